The maximum absolute atomic E-state index is 12.3. The lowest BCUT2D eigenvalue weighted by Gasteiger charge is -2.09. The molecule has 0 spiro atoms. The van der Waals surface area contributed by atoms with Gasteiger partial charge in [0.15, 0.2) is 0 Å². The van der Waals surface area contributed by atoms with Gasteiger partial charge in [0.1, 0.15) is 5.69 Å². The first kappa shape index (κ1) is 17.2. The molecule has 0 unspecified atom stereocenters. The number of benzene rings is 1. The lowest BCUT2D eigenvalue weighted by atomic mass is 10.1. The van der Waals surface area contributed by atoms with Gasteiger partial charge in [0.2, 0.25) is 0 Å². The molecule has 0 aliphatic rings. The zero-order valence-corrected chi connectivity index (χ0v) is 13.5. The third kappa shape index (κ3) is 4.65. The summed E-state index contributed by atoms with van der Waals surface area (Å²) in [6.45, 7) is 4.56. The molecule has 0 bridgehead atoms. The van der Waals surface area contributed by atoms with Crippen LogP contribution in [0.2, 0.25) is 0 Å². The van der Waals surface area contributed by atoms with Crippen molar-refractivity contribution in [3.05, 3.63) is 59.4 Å². The summed E-state index contributed by atoms with van der Waals surface area (Å²) in [6, 6.07) is 11.6. The van der Waals surface area contributed by atoms with Crippen molar-refractivity contribution in [1.82, 2.24) is 10.3 Å². The molecule has 2 rings (SSSR count). The second-order valence-corrected chi connectivity index (χ2v) is 5.68. The molecule has 0 radical (unpaired) electrons. The van der Waals surface area contributed by atoms with E-state index >= 15 is 0 Å². The van der Waals surface area contributed by atoms with Crippen molar-refractivity contribution in [2.45, 2.75) is 13.8 Å². The van der Waals surface area contributed by atoms with Gasteiger partial charge in [0.25, 0.3) is 11.8 Å². The molecule has 0 aliphatic carbocycles. The summed E-state index contributed by atoms with van der Waals surface area (Å²) in [5.41, 5.74) is 1.45. The van der Waals surface area contributed by atoms with E-state index in [0.717, 1.165) is 0 Å². The van der Waals surface area contributed by atoms with E-state index in [2.05, 4.69) is 15.6 Å². The van der Waals surface area contributed by atoms with E-state index in [1.165, 1.54) is 12.3 Å². The van der Waals surface area contributed by atoms with Crippen molar-refractivity contribution < 1.29 is 9.59 Å². The predicted molar refractivity (Wildman–Crippen MR) is 90.5 cm³/mol. The monoisotopic (exact) mass is 322 g/mol. The quantitative estimate of drug-likeness (QED) is 0.884. The molecule has 2 amide bonds. The van der Waals surface area contributed by atoms with Gasteiger partial charge in [-0.05, 0) is 36.2 Å². The standard InChI is InChI=1S/C18H18N4O2/c1-12(2)11-21-17(23)14-6-7-20-16(9-14)18(24)22-15-5-3-4-13(8-15)10-19/h3-9,12H,11H2,1-2H3,(H,21,23)(H,22,24). The topological polar surface area (TPSA) is 94.9 Å². The fourth-order valence-electron chi connectivity index (χ4n) is 1.96. The summed E-state index contributed by atoms with van der Waals surface area (Å²) in [7, 11) is 0. The number of anilines is 1. The Morgan fingerprint density at radius 2 is 2.00 bits per heavy atom. The van der Waals surface area contributed by atoms with E-state index < -0.39 is 5.91 Å². The van der Waals surface area contributed by atoms with Crippen LogP contribution in [0.5, 0.6) is 0 Å². The zero-order valence-electron chi connectivity index (χ0n) is 13.5. The van der Waals surface area contributed by atoms with E-state index in [1.54, 1.807) is 30.3 Å². The number of rotatable bonds is 5. The summed E-state index contributed by atoms with van der Waals surface area (Å²) in [4.78, 5) is 28.3. The van der Waals surface area contributed by atoms with Crippen LogP contribution in [0.1, 0.15) is 40.3 Å². The highest BCUT2D eigenvalue weighted by molar-refractivity contribution is 6.04. The van der Waals surface area contributed by atoms with Crippen molar-refractivity contribution in [2.75, 3.05) is 11.9 Å². The third-order valence-electron chi connectivity index (χ3n) is 3.18. The summed E-state index contributed by atoms with van der Waals surface area (Å²) >= 11 is 0. The number of carbonyl (C=O) groups is 2. The first-order chi connectivity index (χ1) is 11.5. The Balaban J connectivity index is 2.11. The number of amides is 2. The van der Waals surface area contributed by atoms with Crippen molar-refractivity contribution in [2.24, 2.45) is 5.92 Å². The highest BCUT2D eigenvalue weighted by Crippen LogP contribution is 2.11. The van der Waals surface area contributed by atoms with Crippen LogP contribution in [-0.4, -0.2) is 23.3 Å². The van der Waals surface area contributed by atoms with Crippen LogP contribution in [0.3, 0.4) is 0 Å². The maximum Gasteiger partial charge on any atom is 0.274 e. The van der Waals surface area contributed by atoms with Crippen LogP contribution in [0.15, 0.2) is 42.6 Å². The van der Waals surface area contributed by atoms with E-state index in [0.29, 0.717) is 29.3 Å². The SMILES string of the molecule is CC(C)CNC(=O)c1ccnc(C(=O)Nc2cccc(C#N)c2)c1. The summed E-state index contributed by atoms with van der Waals surface area (Å²) in [6.07, 6.45) is 1.42. The van der Waals surface area contributed by atoms with E-state index in [4.69, 9.17) is 5.26 Å². The molecule has 6 heteroatoms. The number of carbonyl (C=O) groups excluding carboxylic acids is 2. The van der Waals surface area contributed by atoms with E-state index in [-0.39, 0.29) is 11.6 Å². The van der Waals surface area contributed by atoms with Gasteiger partial charge in [-0.25, -0.2) is 0 Å². The van der Waals surface area contributed by atoms with Gasteiger partial charge in [0, 0.05) is 24.0 Å². The molecule has 1 aromatic heterocycles. The molecular formula is C18H18N4O2. The lowest BCUT2D eigenvalue weighted by Crippen LogP contribution is -2.27. The Kier molecular flexibility index (Phi) is 5.63. The van der Waals surface area contributed by atoms with Crippen LogP contribution in [0, 0.1) is 17.2 Å². The smallest absolute Gasteiger partial charge is 0.274 e. The van der Waals surface area contributed by atoms with Crippen LogP contribution in [0.4, 0.5) is 5.69 Å². The first-order valence-electron chi connectivity index (χ1n) is 7.55. The summed E-state index contributed by atoms with van der Waals surface area (Å²) < 4.78 is 0. The Labute approximate surface area is 140 Å². The fourth-order valence-corrected chi connectivity index (χ4v) is 1.96. The van der Waals surface area contributed by atoms with Crippen LogP contribution in [-0.2, 0) is 0 Å². The minimum absolute atomic E-state index is 0.134. The van der Waals surface area contributed by atoms with Crippen LogP contribution in [0.25, 0.3) is 0 Å². The van der Waals surface area contributed by atoms with Gasteiger partial charge in [-0.15, -0.1) is 0 Å². The first-order valence-corrected chi connectivity index (χ1v) is 7.55. The van der Waals surface area contributed by atoms with Crippen molar-refractivity contribution in [3.63, 3.8) is 0 Å². The van der Waals surface area contributed by atoms with Gasteiger partial charge < -0.3 is 10.6 Å². The molecule has 0 fully saturated rings. The zero-order chi connectivity index (χ0) is 17.5. The summed E-state index contributed by atoms with van der Waals surface area (Å²) in [5.74, 6) is -0.346. The Bertz CT molecular complexity index is 794. The lowest BCUT2D eigenvalue weighted by molar-refractivity contribution is 0.0949. The molecule has 0 atom stereocenters. The molecule has 1 heterocycles. The maximum atomic E-state index is 12.3. The molecule has 0 saturated carbocycles. The molecule has 0 aliphatic heterocycles. The second-order valence-electron chi connectivity index (χ2n) is 5.68. The molecule has 6 nitrogen and oxygen atoms in total. The van der Waals surface area contributed by atoms with E-state index in [9.17, 15) is 9.59 Å². The molecule has 0 saturated heterocycles. The van der Waals surface area contributed by atoms with Crippen LogP contribution >= 0.6 is 0 Å². The van der Waals surface area contributed by atoms with Crippen LogP contribution < -0.4 is 10.6 Å². The Morgan fingerprint density at radius 3 is 2.71 bits per heavy atom. The van der Waals surface area contributed by atoms with Crippen molar-refractivity contribution in [3.8, 4) is 6.07 Å². The molecule has 1 aromatic carbocycles. The largest absolute Gasteiger partial charge is 0.352 e. The van der Waals surface area contributed by atoms with Gasteiger partial charge in [0.05, 0.1) is 11.6 Å². The minimum Gasteiger partial charge on any atom is -0.352 e. The van der Waals surface area contributed by atoms with Gasteiger partial charge in [-0.1, -0.05) is 19.9 Å². The molecule has 2 aromatic rings. The number of pyridine rings is 1. The van der Waals surface area contributed by atoms with Gasteiger partial charge in [-0.3, -0.25) is 14.6 Å². The Morgan fingerprint density at radius 1 is 1.21 bits per heavy atom. The fraction of sp³-hybridized carbons (Fsp3) is 0.222. The minimum atomic E-state index is -0.441. The highest BCUT2D eigenvalue weighted by atomic mass is 16.2. The predicted octanol–water partition coefficient (Wildman–Crippen LogP) is 2.59. The normalized spacial score (nSPS) is 10.1. The molecule has 2 N–H and O–H groups in total. The molecule has 24 heavy (non-hydrogen) atoms. The number of nitrogens with zero attached hydrogens (tertiary/aromatic N) is 2. The van der Waals surface area contributed by atoms with Crippen molar-refractivity contribution in [1.29, 1.82) is 5.26 Å². The van der Waals surface area contributed by atoms with E-state index in [1.807, 2.05) is 19.9 Å². The summed E-state index contributed by atoms with van der Waals surface area (Å²) in [5, 5.41) is 14.3. The average molecular weight is 322 g/mol. The van der Waals surface area contributed by atoms with Gasteiger partial charge in [-0.2, -0.15) is 5.26 Å². The molecular weight excluding hydrogens is 304 g/mol. The average Bonchev–Trinajstić information content (AvgIpc) is 2.59. The van der Waals surface area contributed by atoms with Gasteiger partial charge >= 0.3 is 0 Å². The molecule has 122 valence electrons. The number of hydrogen-bond donors (Lipinski definition) is 2. The number of nitriles is 1. The number of hydrogen-bond acceptors (Lipinski definition) is 4. The number of aromatic nitrogens is 1. The number of nitrogens with one attached hydrogen (secondary N) is 2. The highest BCUT2D eigenvalue weighted by Gasteiger charge is 2.12. The second kappa shape index (κ2) is 7.88. The third-order valence-corrected chi connectivity index (χ3v) is 3.18. The van der Waals surface area contributed by atoms with Crippen molar-refractivity contribution >= 4 is 17.5 Å². The Hall–Kier alpha value is -3.20.